The zero-order valence-corrected chi connectivity index (χ0v) is 11.4. The standard InChI is InChI=1S/C16H14F3NO/c1-21-10-4-2-9-3-6-13(11(9)8-10)20-14-7-5-12(17)15(18)16(14)19/h2,4-5,7-8,13,20H,3,6H2,1H3. The van der Waals surface area contributed by atoms with Crippen LogP contribution in [0.1, 0.15) is 23.6 Å². The van der Waals surface area contributed by atoms with Crippen molar-refractivity contribution in [3.8, 4) is 5.75 Å². The Morgan fingerprint density at radius 2 is 1.90 bits per heavy atom. The highest BCUT2D eigenvalue weighted by molar-refractivity contribution is 5.51. The van der Waals surface area contributed by atoms with Gasteiger partial charge in [0.15, 0.2) is 17.5 Å². The van der Waals surface area contributed by atoms with Gasteiger partial charge < -0.3 is 10.1 Å². The van der Waals surface area contributed by atoms with Gasteiger partial charge in [-0.1, -0.05) is 6.07 Å². The van der Waals surface area contributed by atoms with Gasteiger partial charge in [0, 0.05) is 0 Å². The second kappa shape index (κ2) is 5.31. The molecular formula is C16H14F3NO. The fraction of sp³-hybridized carbons (Fsp3) is 0.250. The van der Waals surface area contributed by atoms with E-state index in [1.54, 1.807) is 7.11 Å². The van der Waals surface area contributed by atoms with Crippen LogP contribution in [0.5, 0.6) is 5.75 Å². The summed E-state index contributed by atoms with van der Waals surface area (Å²) in [4.78, 5) is 0. The molecule has 1 aliphatic rings. The van der Waals surface area contributed by atoms with Crippen LogP contribution in [-0.2, 0) is 6.42 Å². The number of halogens is 3. The molecule has 0 fully saturated rings. The van der Waals surface area contributed by atoms with Gasteiger partial charge in [0.05, 0.1) is 18.8 Å². The number of hydrogen-bond acceptors (Lipinski definition) is 2. The number of anilines is 1. The molecule has 1 unspecified atom stereocenters. The van der Waals surface area contributed by atoms with Crippen molar-refractivity contribution in [3.63, 3.8) is 0 Å². The third-order valence-corrected chi connectivity index (χ3v) is 3.80. The highest BCUT2D eigenvalue weighted by Crippen LogP contribution is 2.36. The van der Waals surface area contributed by atoms with Crippen molar-refractivity contribution in [2.24, 2.45) is 0 Å². The van der Waals surface area contributed by atoms with E-state index in [4.69, 9.17) is 4.74 Å². The summed E-state index contributed by atoms with van der Waals surface area (Å²) in [6, 6.07) is 7.72. The highest BCUT2D eigenvalue weighted by Gasteiger charge is 2.24. The SMILES string of the molecule is COc1ccc2c(c1)C(Nc1ccc(F)c(F)c1F)CC2. The Morgan fingerprint density at radius 3 is 2.67 bits per heavy atom. The van der Waals surface area contributed by atoms with E-state index in [9.17, 15) is 13.2 Å². The molecule has 1 N–H and O–H groups in total. The molecule has 1 aliphatic carbocycles. The van der Waals surface area contributed by atoms with E-state index < -0.39 is 17.5 Å². The summed E-state index contributed by atoms with van der Waals surface area (Å²) in [5.41, 5.74) is 2.12. The van der Waals surface area contributed by atoms with Crippen molar-refractivity contribution in [3.05, 3.63) is 58.9 Å². The number of hydrogen-bond donors (Lipinski definition) is 1. The molecule has 2 nitrogen and oxygen atoms in total. The summed E-state index contributed by atoms with van der Waals surface area (Å²) in [6.07, 6.45) is 1.61. The lowest BCUT2D eigenvalue weighted by Gasteiger charge is -2.17. The minimum Gasteiger partial charge on any atom is -0.497 e. The monoisotopic (exact) mass is 293 g/mol. The Bertz CT molecular complexity index is 687. The van der Waals surface area contributed by atoms with Crippen LogP contribution in [-0.4, -0.2) is 7.11 Å². The van der Waals surface area contributed by atoms with Crippen molar-refractivity contribution in [1.29, 1.82) is 0 Å². The molecule has 1 atom stereocenters. The molecule has 0 saturated carbocycles. The van der Waals surface area contributed by atoms with E-state index in [0.29, 0.717) is 5.75 Å². The van der Waals surface area contributed by atoms with Crippen LogP contribution in [0.15, 0.2) is 30.3 Å². The van der Waals surface area contributed by atoms with Gasteiger partial charge in [0.1, 0.15) is 5.75 Å². The summed E-state index contributed by atoms with van der Waals surface area (Å²) < 4.78 is 45.1. The molecule has 3 rings (SSSR count). The molecule has 0 saturated heterocycles. The van der Waals surface area contributed by atoms with Gasteiger partial charge in [-0.2, -0.15) is 0 Å². The molecule has 2 aromatic carbocycles. The highest BCUT2D eigenvalue weighted by atomic mass is 19.2. The zero-order valence-electron chi connectivity index (χ0n) is 11.4. The Balaban J connectivity index is 1.90. The first-order valence-electron chi connectivity index (χ1n) is 6.67. The molecule has 0 heterocycles. The maximum atomic E-state index is 13.7. The molecule has 0 aliphatic heterocycles. The molecule has 0 radical (unpaired) electrons. The lowest BCUT2D eigenvalue weighted by Crippen LogP contribution is -2.10. The van der Waals surface area contributed by atoms with Crippen LogP contribution >= 0.6 is 0 Å². The predicted molar refractivity (Wildman–Crippen MR) is 74.0 cm³/mol. The van der Waals surface area contributed by atoms with Crippen molar-refractivity contribution in [2.75, 3.05) is 12.4 Å². The van der Waals surface area contributed by atoms with E-state index in [1.165, 1.54) is 6.07 Å². The van der Waals surface area contributed by atoms with Gasteiger partial charge in [-0.3, -0.25) is 0 Å². The average Bonchev–Trinajstić information content (AvgIpc) is 2.90. The molecule has 0 aromatic heterocycles. The van der Waals surface area contributed by atoms with Crippen molar-refractivity contribution >= 4 is 5.69 Å². The first-order valence-corrected chi connectivity index (χ1v) is 6.67. The summed E-state index contributed by atoms with van der Waals surface area (Å²) in [7, 11) is 1.58. The van der Waals surface area contributed by atoms with E-state index in [0.717, 1.165) is 30.0 Å². The number of fused-ring (bicyclic) bond motifs is 1. The predicted octanol–water partition coefficient (Wildman–Crippen LogP) is 4.21. The maximum Gasteiger partial charge on any atom is 0.196 e. The number of aryl methyl sites for hydroxylation is 1. The van der Waals surface area contributed by atoms with E-state index in [2.05, 4.69) is 5.32 Å². The van der Waals surface area contributed by atoms with Crippen molar-refractivity contribution < 1.29 is 17.9 Å². The third-order valence-electron chi connectivity index (χ3n) is 3.80. The topological polar surface area (TPSA) is 21.3 Å². The van der Waals surface area contributed by atoms with E-state index in [1.807, 2.05) is 18.2 Å². The van der Waals surface area contributed by atoms with Gasteiger partial charge in [0.2, 0.25) is 0 Å². The Morgan fingerprint density at radius 1 is 1.10 bits per heavy atom. The molecular weight excluding hydrogens is 279 g/mol. The van der Waals surface area contributed by atoms with Gasteiger partial charge in [-0.05, 0) is 48.2 Å². The molecule has 0 amide bonds. The average molecular weight is 293 g/mol. The molecule has 0 bridgehead atoms. The summed E-state index contributed by atoms with van der Waals surface area (Å²) in [6.45, 7) is 0. The zero-order chi connectivity index (χ0) is 15.0. The summed E-state index contributed by atoms with van der Waals surface area (Å²) >= 11 is 0. The van der Waals surface area contributed by atoms with Crippen molar-refractivity contribution in [2.45, 2.75) is 18.9 Å². The quantitative estimate of drug-likeness (QED) is 0.856. The minimum atomic E-state index is -1.45. The van der Waals surface area contributed by atoms with Crippen molar-refractivity contribution in [1.82, 2.24) is 0 Å². The molecule has 0 spiro atoms. The molecule has 21 heavy (non-hydrogen) atoms. The van der Waals surface area contributed by atoms with Crippen LogP contribution < -0.4 is 10.1 Å². The third kappa shape index (κ3) is 2.44. The molecule has 5 heteroatoms. The Hall–Kier alpha value is -2.17. The first-order chi connectivity index (χ1) is 10.1. The van der Waals surface area contributed by atoms with Crippen LogP contribution in [0.4, 0.5) is 18.9 Å². The molecule has 2 aromatic rings. The van der Waals surface area contributed by atoms with Crippen LogP contribution in [0.25, 0.3) is 0 Å². The largest absolute Gasteiger partial charge is 0.497 e. The van der Waals surface area contributed by atoms with E-state index in [-0.39, 0.29) is 11.7 Å². The second-order valence-corrected chi connectivity index (χ2v) is 5.02. The van der Waals surface area contributed by atoms with Gasteiger partial charge in [0.25, 0.3) is 0 Å². The number of ether oxygens (including phenoxy) is 1. The van der Waals surface area contributed by atoms with Gasteiger partial charge in [-0.15, -0.1) is 0 Å². The maximum absolute atomic E-state index is 13.7. The van der Waals surface area contributed by atoms with Crippen LogP contribution in [0.2, 0.25) is 0 Å². The second-order valence-electron chi connectivity index (χ2n) is 5.02. The fourth-order valence-corrected chi connectivity index (χ4v) is 2.68. The lowest BCUT2D eigenvalue weighted by molar-refractivity contribution is 0.414. The normalized spacial score (nSPS) is 16.7. The van der Waals surface area contributed by atoms with Crippen LogP contribution in [0.3, 0.4) is 0 Å². The molecule has 110 valence electrons. The number of rotatable bonds is 3. The van der Waals surface area contributed by atoms with E-state index >= 15 is 0 Å². The van der Waals surface area contributed by atoms with Crippen LogP contribution in [0, 0.1) is 17.5 Å². The first kappa shape index (κ1) is 13.8. The van der Waals surface area contributed by atoms with Gasteiger partial charge in [-0.25, -0.2) is 13.2 Å². The Kier molecular flexibility index (Phi) is 3.49. The summed E-state index contributed by atoms with van der Waals surface area (Å²) in [5, 5.41) is 2.95. The minimum absolute atomic E-state index is 0.0328. The lowest BCUT2D eigenvalue weighted by atomic mass is 10.1. The number of nitrogens with one attached hydrogen (secondary N) is 1. The Labute approximate surface area is 120 Å². The number of methoxy groups -OCH3 is 1. The van der Waals surface area contributed by atoms with Gasteiger partial charge >= 0.3 is 0 Å². The fourth-order valence-electron chi connectivity index (χ4n) is 2.68. The summed E-state index contributed by atoms with van der Waals surface area (Å²) in [5.74, 6) is -3.12. The smallest absolute Gasteiger partial charge is 0.196 e. The number of benzene rings is 2.